The highest BCUT2D eigenvalue weighted by atomic mass is 16.2. The number of carbonyl (C=O) groups is 2. The van der Waals surface area contributed by atoms with Crippen LogP contribution in [0, 0.1) is 11.8 Å². The zero-order valence-corrected chi connectivity index (χ0v) is 15.8. The van der Waals surface area contributed by atoms with Crippen LogP contribution in [-0.2, 0) is 16.0 Å². The number of hydrogen-bond acceptors (Lipinski definition) is 3. The van der Waals surface area contributed by atoms with Crippen LogP contribution >= 0.6 is 0 Å². The van der Waals surface area contributed by atoms with Gasteiger partial charge in [-0.3, -0.25) is 14.5 Å². The van der Waals surface area contributed by atoms with E-state index < -0.39 is 0 Å². The molecule has 142 valence electrons. The van der Waals surface area contributed by atoms with Gasteiger partial charge in [0.15, 0.2) is 0 Å². The molecule has 2 heterocycles. The number of hydrogen-bond donors (Lipinski definition) is 1. The monoisotopic (exact) mass is 357 g/mol. The van der Waals surface area contributed by atoms with Crippen molar-refractivity contribution in [2.45, 2.75) is 45.1 Å². The molecule has 5 nitrogen and oxygen atoms in total. The number of nitrogens with zero attached hydrogens (tertiary/aromatic N) is 2. The Morgan fingerprint density at radius 3 is 2.46 bits per heavy atom. The number of likely N-dealkylation sites (tertiary alicyclic amines) is 2. The SMILES string of the molecule is C[C@@H](C(=O)N1CCC[C@H](C(N)=O)C1)N1CCC(Cc2ccccc2)CC1. The Kier molecular flexibility index (Phi) is 6.30. The van der Waals surface area contributed by atoms with Crippen LogP contribution in [-0.4, -0.2) is 53.8 Å². The van der Waals surface area contributed by atoms with Gasteiger partial charge in [-0.15, -0.1) is 0 Å². The lowest BCUT2D eigenvalue weighted by Gasteiger charge is -2.39. The number of rotatable bonds is 5. The summed E-state index contributed by atoms with van der Waals surface area (Å²) in [7, 11) is 0. The summed E-state index contributed by atoms with van der Waals surface area (Å²) in [4.78, 5) is 28.5. The maximum absolute atomic E-state index is 12.9. The Labute approximate surface area is 156 Å². The van der Waals surface area contributed by atoms with Gasteiger partial charge in [-0.25, -0.2) is 0 Å². The predicted molar refractivity (Wildman–Crippen MR) is 102 cm³/mol. The summed E-state index contributed by atoms with van der Waals surface area (Å²) in [5.41, 5.74) is 6.84. The second kappa shape index (κ2) is 8.67. The molecule has 0 aliphatic carbocycles. The number of piperidine rings is 2. The van der Waals surface area contributed by atoms with Gasteiger partial charge in [-0.05, 0) is 63.6 Å². The molecule has 1 aromatic rings. The zero-order valence-electron chi connectivity index (χ0n) is 15.8. The van der Waals surface area contributed by atoms with Gasteiger partial charge in [-0.1, -0.05) is 30.3 Å². The second-order valence-electron chi connectivity index (χ2n) is 7.87. The van der Waals surface area contributed by atoms with Crippen LogP contribution in [0.15, 0.2) is 30.3 Å². The molecule has 2 aliphatic heterocycles. The molecule has 2 atom stereocenters. The molecule has 2 amide bonds. The Hall–Kier alpha value is -1.88. The highest BCUT2D eigenvalue weighted by Gasteiger charge is 2.33. The smallest absolute Gasteiger partial charge is 0.239 e. The van der Waals surface area contributed by atoms with Gasteiger partial charge >= 0.3 is 0 Å². The number of benzene rings is 1. The fourth-order valence-corrected chi connectivity index (χ4v) is 4.32. The van der Waals surface area contributed by atoms with E-state index >= 15 is 0 Å². The predicted octanol–water partition coefficient (Wildman–Crippen LogP) is 2.05. The Morgan fingerprint density at radius 1 is 1.12 bits per heavy atom. The summed E-state index contributed by atoms with van der Waals surface area (Å²) < 4.78 is 0. The summed E-state index contributed by atoms with van der Waals surface area (Å²) in [5.74, 6) is 0.385. The van der Waals surface area contributed by atoms with Gasteiger partial charge < -0.3 is 10.6 Å². The van der Waals surface area contributed by atoms with E-state index in [-0.39, 0.29) is 23.8 Å². The van der Waals surface area contributed by atoms with Crippen LogP contribution in [0.1, 0.15) is 38.2 Å². The zero-order chi connectivity index (χ0) is 18.5. The molecule has 2 saturated heterocycles. The van der Waals surface area contributed by atoms with E-state index in [4.69, 9.17) is 5.73 Å². The van der Waals surface area contributed by atoms with Crippen LogP contribution in [0.25, 0.3) is 0 Å². The molecule has 0 radical (unpaired) electrons. The van der Waals surface area contributed by atoms with Crippen molar-refractivity contribution in [3.63, 3.8) is 0 Å². The lowest BCUT2D eigenvalue weighted by molar-refractivity contribution is -0.140. The molecule has 2 fully saturated rings. The van der Waals surface area contributed by atoms with E-state index in [9.17, 15) is 9.59 Å². The van der Waals surface area contributed by atoms with E-state index in [0.29, 0.717) is 12.5 Å². The van der Waals surface area contributed by atoms with Crippen LogP contribution in [0.5, 0.6) is 0 Å². The lowest BCUT2D eigenvalue weighted by Crippen LogP contribution is -2.53. The second-order valence-corrected chi connectivity index (χ2v) is 7.87. The first-order valence-corrected chi connectivity index (χ1v) is 9.90. The van der Waals surface area contributed by atoms with Crippen LogP contribution in [0.2, 0.25) is 0 Å². The van der Waals surface area contributed by atoms with E-state index in [1.54, 1.807) is 0 Å². The molecule has 0 unspecified atom stereocenters. The molecule has 3 rings (SSSR count). The maximum Gasteiger partial charge on any atom is 0.239 e. The molecule has 0 saturated carbocycles. The third kappa shape index (κ3) is 4.64. The third-order valence-electron chi connectivity index (χ3n) is 6.06. The quantitative estimate of drug-likeness (QED) is 0.877. The van der Waals surface area contributed by atoms with Crippen molar-refractivity contribution >= 4 is 11.8 Å². The van der Waals surface area contributed by atoms with E-state index in [1.165, 1.54) is 5.56 Å². The Morgan fingerprint density at radius 2 is 1.81 bits per heavy atom. The van der Waals surface area contributed by atoms with Gasteiger partial charge in [0.25, 0.3) is 0 Å². The minimum atomic E-state index is -0.281. The summed E-state index contributed by atoms with van der Waals surface area (Å²) in [6.07, 6.45) is 5.07. The van der Waals surface area contributed by atoms with Crippen molar-refractivity contribution in [2.24, 2.45) is 17.6 Å². The minimum Gasteiger partial charge on any atom is -0.369 e. The maximum atomic E-state index is 12.9. The molecule has 2 N–H and O–H groups in total. The first kappa shape index (κ1) is 18.9. The first-order chi connectivity index (χ1) is 12.5. The van der Waals surface area contributed by atoms with Crippen molar-refractivity contribution in [3.8, 4) is 0 Å². The highest BCUT2D eigenvalue weighted by Crippen LogP contribution is 2.24. The average molecular weight is 357 g/mol. The number of primary amides is 1. The Bertz CT molecular complexity index is 611. The Balaban J connectivity index is 1.49. The van der Waals surface area contributed by atoms with Gasteiger partial charge in [0, 0.05) is 13.1 Å². The standard InChI is InChI=1S/C21H31N3O2/c1-16(21(26)24-11-5-8-19(15-24)20(22)25)23-12-9-18(10-13-23)14-17-6-3-2-4-7-17/h2-4,6-7,16,18-19H,5,8-15H2,1H3,(H2,22,25)/t16-,19-/m0/s1. The van der Waals surface area contributed by atoms with E-state index in [0.717, 1.165) is 51.7 Å². The van der Waals surface area contributed by atoms with E-state index in [2.05, 4.69) is 35.2 Å². The number of nitrogens with two attached hydrogens (primary N) is 1. The molecule has 0 spiro atoms. The molecular weight excluding hydrogens is 326 g/mol. The minimum absolute atomic E-state index is 0.112. The van der Waals surface area contributed by atoms with Crippen molar-refractivity contribution in [1.29, 1.82) is 0 Å². The molecular formula is C21H31N3O2. The van der Waals surface area contributed by atoms with Crippen molar-refractivity contribution in [2.75, 3.05) is 26.2 Å². The van der Waals surface area contributed by atoms with Crippen molar-refractivity contribution < 1.29 is 9.59 Å². The molecule has 5 heteroatoms. The van der Waals surface area contributed by atoms with Crippen LogP contribution in [0.3, 0.4) is 0 Å². The number of carbonyl (C=O) groups excluding carboxylic acids is 2. The van der Waals surface area contributed by atoms with Gasteiger partial charge in [0.2, 0.25) is 11.8 Å². The summed E-state index contributed by atoms with van der Waals surface area (Å²) in [5, 5.41) is 0. The molecule has 0 bridgehead atoms. The lowest BCUT2D eigenvalue weighted by atomic mass is 9.89. The van der Waals surface area contributed by atoms with Crippen molar-refractivity contribution in [3.05, 3.63) is 35.9 Å². The summed E-state index contributed by atoms with van der Waals surface area (Å²) >= 11 is 0. The van der Waals surface area contributed by atoms with Crippen LogP contribution in [0.4, 0.5) is 0 Å². The van der Waals surface area contributed by atoms with Gasteiger partial charge in [0.05, 0.1) is 12.0 Å². The van der Waals surface area contributed by atoms with E-state index in [1.807, 2.05) is 11.8 Å². The molecule has 0 aromatic heterocycles. The summed E-state index contributed by atoms with van der Waals surface area (Å²) in [6.45, 7) is 5.18. The van der Waals surface area contributed by atoms with Crippen LogP contribution < -0.4 is 5.73 Å². The highest BCUT2D eigenvalue weighted by molar-refractivity contribution is 5.83. The van der Waals surface area contributed by atoms with Gasteiger partial charge in [0.1, 0.15) is 0 Å². The topological polar surface area (TPSA) is 66.6 Å². The fourth-order valence-electron chi connectivity index (χ4n) is 4.32. The normalized spacial score (nSPS) is 23.6. The third-order valence-corrected chi connectivity index (χ3v) is 6.06. The molecule has 26 heavy (non-hydrogen) atoms. The first-order valence-electron chi connectivity index (χ1n) is 9.90. The average Bonchev–Trinajstić information content (AvgIpc) is 2.68. The van der Waals surface area contributed by atoms with Gasteiger partial charge in [-0.2, -0.15) is 0 Å². The fraction of sp³-hybridized carbons (Fsp3) is 0.619. The van der Waals surface area contributed by atoms with Crippen molar-refractivity contribution in [1.82, 2.24) is 9.80 Å². The largest absolute Gasteiger partial charge is 0.369 e. The summed E-state index contributed by atoms with van der Waals surface area (Å²) in [6, 6.07) is 10.5. The molecule has 1 aromatic carbocycles. The molecule has 2 aliphatic rings. The number of amides is 2.